The maximum atomic E-state index is 11.9. The van der Waals surface area contributed by atoms with Gasteiger partial charge in [-0.15, -0.1) is 0 Å². The zero-order chi connectivity index (χ0) is 14.1. The van der Waals surface area contributed by atoms with Crippen LogP contribution in [-0.2, 0) is 9.59 Å². The SMILES string of the molecule is CCN(CC)C(=O)CN(C)C(=O)[C@@H](N)CCSC. The van der Waals surface area contributed by atoms with Gasteiger partial charge in [0.05, 0.1) is 12.6 Å². The molecule has 0 bridgehead atoms. The predicted octanol–water partition coefficient (Wildman–Crippen LogP) is 0.394. The Hall–Kier alpha value is -0.750. The Morgan fingerprint density at radius 1 is 1.28 bits per heavy atom. The van der Waals surface area contributed by atoms with Crippen molar-refractivity contribution in [2.45, 2.75) is 26.3 Å². The minimum absolute atomic E-state index is 0.0343. The molecule has 0 fully saturated rings. The van der Waals surface area contributed by atoms with E-state index in [0.717, 1.165) is 5.75 Å². The van der Waals surface area contributed by atoms with Crippen molar-refractivity contribution in [1.82, 2.24) is 9.80 Å². The van der Waals surface area contributed by atoms with Crippen LogP contribution in [0.4, 0.5) is 0 Å². The number of likely N-dealkylation sites (N-methyl/N-ethyl adjacent to an activating group) is 2. The minimum atomic E-state index is -0.507. The highest BCUT2D eigenvalue weighted by Gasteiger charge is 2.21. The fraction of sp³-hybridized carbons (Fsp3) is 0.833. The molecule has 106 valence electrons. The van der Waals surface area contributed by atoms with Gasteiger partial charge in [0.1, 0.15) is 0 Å². The van der Waals surface area contributed by atoms with Crippen molar-refractivity contribution in [3.8, 4) is 0 Å². The van der Waals surface area contributed by atoms with Crippen molar-refractivity contribution in [2.75, 3.05) is 38.7 Å². The average Bonchev–Trinajstić information content (AvgIpc) is 2.36. The molecule has 5 nitrogen and oxygen atoms in total. The van der Waals surface area contributed by atoms with Crippen LogP contribution in [0.5, 0.6) is 0 Å². The van der Waals surface area contributed by atoms with E-state index in [-0.39, 0.29) is 18.4 Å². The highest BCUT2D eigenvalue weighted by molar-refractivity contribution is 7.98. The number of carbonyl (C=O) groups excluding carboxylic acids is 2. The molecule has 0 unspecified atom stereocenters. The second kappa shape index (κ2) is 9.22. The van der Waals surface area contributed by atoms with E-state index in [4.69, 9.17) is 5.73 Å². The smallest absolute Gasteiger partial charge is 0.242 e. The summed E-state index contributed by atoms with van der Waals surface area (Å²) < 4.78 is 0. The van der Waals surface area contributed by atoms with Crippen LogP contribution >= 0.6 is 11.8 Å². The molecule has 0 spiro atoms. The third kappa shape index (κ3) is 5.73. The molecule has 0 radical (unpaired) electrons. The Morgan fingerprint density at radius 3 is 2.28 bits per heavy atom. The molecule has 6 heteroatoms. The first-order chi connectivity index (χ1) is 8.47. The quantitative estimate of drug-likeness (QED) is 0.696. The summed E-state index contributed by atoms with van der Waals surface area (Å²) in [5.41, 5.74) is 5.79. The highest BCUT2D eigenvalue weighted by Crippen LogP contribution is 2.02. The predicted molar refractivity (Wildman–Crippen MR) is 76.5 cm³/mol. The molecule has 0 saturated heterocycles. The van der Waals surface area contributed by atoms with E-state index in [9.17, 15) is 9.59 Å². The molecule has 2 N–H and O–H groups in total. The maximum absolute atomic E-state index is 11.9. The van der Waals surface area contributed by atoms with E-state index in [1.165, 1.54) is 4.90 Å². The number of thioether (sulfide) groups is 1. The molecule has 2 amide bonds. The maximum Gasteiger partial charge on any atom is 0.242 e. The first-order valence-electron chi connectivity index (χ1n) is 6.25. The molecule has 0 heterocycles. The Kier molecular flexibility index (Phi) is 8.83. The number of nitrogens with two attached hydrogens (primary N) is 1. The normalized spacial score (nSPS) is 12.1. The molecule has 0 rings (SSSR count). The lowest BCUT2D eigenvalue weighted by Gasteiger charge is -2.25. The number of rotatable bonds is 8. The molecule has 0 aliphatic carbocycles. The molecule has 1 atom stereocenters. The molecule has 0 aromatic carbocycles. The second-order valence-corrected chi connectivity index (χ2v) is 5.13. The van der Waals surface area contributed by atoms with Gasteiger partial charge >= 0.3 is 0 Å². The number of amides is 2. The van der Waals surface area contributed by atoms with Gasteiger partial charge in [0.2, 0.25) is 11.8 Å². The molecule has 0 aromatic rings. The summed E-state index contributed by atoms with van der Waals surface area (Å²) in [6.45, 7) is 5.28. The second-order valence-electron chi connectivity index (χ2n) is 4.15. The molecule has 0 saturated carbocycles. The first-order valence-corrected chi connectivity index (χ1v) is 7.64. The molecular formula is C12H25N3O2S. The largest absolute Gasteiger partial charge is 0.342 e. The first kappa shape index (κ1) is 17.2. The van der Waals surface area contributed by atoms with E-state index in [1.54, 1.807) is 23.7 Å². The van der Waals surface area contributed by atoms with Crippen molar-refractivity contribution >= 4 is 23.6 Å². The Labute approximate surface area is 114 Å². The summed E-state index contributed by atoms with van der Waals surface area (Å²) in [6.07, 6.45) is 2.62. The summed E-state index contributed by atoms with van der Waals surface area (Å²) >= 11 is 1.66. The average molecular weight is 275 g/mol. The molecule has 0 aliphatic heterocycles. The Balaban J connectivity index is 4.26. The minimum Gasteiger partial charge on any atom is -0.342 e. The topological polar surface area (TPSA) is 66.6 Å². The summed E-state index contributed by atoms with van der Waals surface area (Å²) in [4.78, 5) is 26.9. The lowest BCUT2D eigenvalue weighted by Crippen LogP contribution is -2.47. The zero-order valence-electron chi connectivity index (χ0n) is 11.8. The van der Waals surface area contributed by atoms with Crippen LogP contribution in [-0.4, -0.2) is 66.3 Å². The van der Waals surface area contributed by atoms with Crippen molar-refractivity contribution < 1.29 is 9.59 Å². The fourth-order valence-corrected chi connectivity index (χ4v) is 2.10. The van der Waals surface area contributed by atoms with Crippen LogP contribution in [0.1, 0.15) is 20.3 Å². The van der Waals surface area contributed by atoms with Crippen LogP contribution in [0.2, 0.25) is 0 Å². The fourth-order valence-electron chi connectivity index (χ4n) is 1.61. The van der Waals surface area contributed by atoms with E-state index in [0.29, 0.717) is 19.5 Å². The van der Waals surface area contributed by atoms with Gasteiger partial charge < -0.3 is 15.5 Å². The zero-order valence-corrected chi connectivity index (χ0v) is 12.6. The van der Waals surface area contributed by atoms with Gasteiger partial charge in [-0.3, -0.25) is 9.59 Å². The standard InChI is InChI=1S/C12H25N3O2S/c1-5-15(6-2)11(16)9-14(3)12(17)10(13)7-8-18-4/h10H,5-9,13H2,1-4H3/t10-/m0/s1. The highest BCUT2D eigenvalue weighted by atomic mass is 32.2. The van der Waals surface area contributed by atoms with Crippen LogP contribution in [0.25, 0.3) is 0 Å². The summed E-state index contributed by atoms with van der Waals surface area (Å²) in [6, 6.07) is -0.507. The van der Waals surface area contributed by atoms with Crippen molar-refractivity contribution in [1.29, 1.82) is 0 Å². The van der Waals surface area contributed by atoms with E-state index >= 15 is 0 Å². The van der Waals surface area contributed by atoms with Gasteiger partial charge in [-0.05, 0) is 32.3 Å². The van der Waals surface area contributed by atoms with Crippen LogP contribution in [0.3, 0.4) is 0 Å². The summed E-state index contributed by atoms with van der Waals surface area (Å²) in [7, 11) is 1.63. The molecular weight excluding hydrogens is 250 g/mol. The third-order valence-corrected chi connectivity index (χ3v) is 3.46. The molecule has 0 aliphatic rings. The monoisotopic (exact) mass is 275 g/mol. The van der Waals surface area contributed by atoms with Crippen molar-refractivity contribution in [3.05, 3.63) is 0 Å². The van der Waals surface area contributed by atoms with Crippen LogP contribution < -0.4 is 5.73 Å². The molecule has 18 heavy (non-hydrogen) atoms. The Bertz CT molecular complexity index is 270. The lowest BCUT2D eigenvalue weighted by molar-refractivity contribution is -0.139. The van der Waals surface area contributed by atoms with Gasteiger partial charge in [0.15, 0.2) is 0 Å². The van der Waals surface area contributed by atoms with Crippen LogP contribution in [0, 0.1) is 0 Å². The Morgan fingerprint density at radius 2 is 1.83 bits per heavy atom. The number of nitrogens with zero attached hydrogens (tertiary/aromatic N) is 2. The number of hydrogen-bond donors (Lipinski definition) is 1. The van der Waals surface area contributed by atoms with E-state index in [2.05, 4.69) is 0 Å². The van der Waals surface area contributed by atoms with Gasteiger partial charge in [-0.2, -0.15) is 11.8 Å². The summed E-state index contributed by atoms with van der Waals surface area (Å²) in [5, 5.41) is 0. The van der Waals surface area contributed by atoms with Gasteiger partial charge in [0, 0.05) is 20.1 Å². The number of hydrogen-bond acceptors (Lipinski definition) is 4. The lowest BCUT2D eigenvalue weighted by atomic mass is 10.2. The summed E-state index contributed by atoms with van der Waals surface area (Å²) in [5.74, 6) is 0.655. The van der Waals surface area contributed by atoms with Crippen molar-refractivity contribution in [3.63, 3.8) is 0 Å². The van der Waals surface area contributed by atoms with Crippen molar-refractivity contribution in [2.24, 2.45) is 5.73 Å². The number of carbonyl (C=O) groups is 2. The molecule has 0 aromatic heterocycles. The van der Waals surface area contributed by atoms with Gasteiger partial charge in [0.25, 0.3) is 0 Å². The van der Waals surface area contributed by atoms with E-state index in [1.807, 2.05) is 20.1 Å². The van der Waals surface area contributed by atoms with Crippen LogP contribution in [0.15, 0.2) is 0 Å². The van der Waals surface area contributed by atoms with Gasteiger partial charge in [-0.1, -0.05) is 0 Å². The van der Waals surface area contributed by atoms with Gasteiger partial charge in [-0.25, -0.2) is 0 Å². The third-order valence-electron chi connectivity index (χ3n) is 2.81. The van der Waals surface area contributed by atoms with E-state index < -0.39 is 6.04 Å².